The summed E-state index contributed by atoms with van der Waals surface area (Å²) < 4.78 is 37.9. The van der Waals surface area contributed by atoms with Crippen molar-refractivity contribution in [3.63, 3.8) is 0 Å². The molecular formula is C12H40O6Si7. The molecule has 0 aromatic heterocycles. The lowest BCUT2D eigenvalue weighted by Crippen LogP contribution is -2.61. The summed E-state index contributed by atoms with van der Waals surface area (Å²) in [5, 5.41) is 0. The van der Waals surface area contributed by atoms with Crippen molar-refractivity contribution in [1.29, 1.82) is 0 Å². The fourth-order valence-corrected chi connectivity index (χ4v) is 28.1. The van der Waals surface area contributed by atoms with Crippen molar-refractivity contribution in [2.24, 2.45) is 0 Å². The van der Waals surface area contributed by atoms with E-state index in [1.807, 2.05) is 13.1 Å². The maximum atomic E-state index is 6.49. The third-order valence-electron chi connectivity index (χ3n) is 2.66. The van der Waals surface area contributed by atoms with E-state index < -0.39 is 62.3 Å². The molecule has 0 heterocycles. The lowest BCUT2D eigenvalue weighted by atomic mass is 11.9. The Morgan fingerprint density at radius 3 is 0.800 bits per heavy atom. The molecule has 6 nitrogen and oxygen atoms in total. The Labute approximate surface area is 165 Å². The van der Waals surface area contributed by atoms with Gasteiger partial charge in [-0.15, -0.1) is 0 Å². The first kappa shape index (κ1) is 26.3. The smallest absolute Gasteiger partial charge is 0.420 e. The van der Waals surface area contributed by atoms with E-state index in [-0.39, 0.29) is 0 Å². The van der Waals surface area contributed by atoms with E-state index in [1.165, 1.54) is 0 Å². The van der Waals surface area contributed by atoms with Gasteiger partial charge in [-0.2, -0.15) is 0 Å². The lowest BCUT2D eigenvalue weighted by molar-refractivity contribution is 0.207. The van der Waals surface area contributed by atoms with E-state index in [0.717, 1.165) is 0 Å². The summed E-state index contributed by atoms with van der Waals surface area (Å²) in [5.74, 6) is 0. The van der Waals surface area contributed by atoms with Crippen LogP contribution in [0.15, 0.2) is 0 Å². The third-order valence-corrected chi connectivity index (χ3v) is 24.0. The summed E-state index contributed by atoms with van der Waals surface area (Å²) in [6.07, 6.45) is 0. The van der Waals surface area contributed by atoms with Crippen LogP contribution in [0.3, 0.4) is 0 Å². The topological polar surface area (TPSA) is 55.4 Å². The van der Waals surface area contributed by atoms with Crippen LogP contribution in [-0.4, -0.2) is 62.3 Å². The minimum Gasteiger partial charge on any atom is -0.420 e. The minimum absolute atomic E-state index is 1.28. The van der Waals surface area contributed by atoms with Gasteiger partial charge >= 0.3 is 26.2 Å². The van der Waals surface area contributed by atoms with Crippen LogP contribution in [0.25, 0.3) is 0 Å². The number of hydrogen-bond donors (Lipinski definition) is 0. The van der Waals surface area contributed by atoms with Gasteiger partial charge in [-0.3, -0.25) is 0 Å². The normalized spacial score (nSPS) is 14.4. The highest BCUT2D eigenvalue weighted by atomic mass is 28.5. The van der Waals surface area contributed by atoms with Gasteiger partial charge in [-0.1, -0.05) is 0 Å². The Kier molecular flexibility index (Phi) is 11.3. The third kappa shape index (κ3) is 12.4. The Morgan fingerprint density at radius 2 is 0.640 bits per heavy atom. The second-order valence-electron chi connectivity index (χ2n) is 8.00. The zero-order chi connectivity index (χ0) is 20.1. The molecule has 0 bridgehead atoms. The van der Waals surface area contributed by atoms with Crippen LogP contribution in [0.2, 0.25) is 78.6 Å². The monoisotopic (exact) mass is 476 g/mol. The Balaban J connectivity index is 5.32. The fourth-order valence-electron chi connectivity index (χ4n) is 2.78. The van der Waals surface area contributed by atoms with Gasteiger partial charge in [0.1, 0.15) is 0 Å². The quantitative estimate of drug-likeness (QED) is 0.404. The second-order valence-corrected chi connectivity index (χ2v) is 28.0. The predicted molar refractivity (Wildman–Crippen MR) is 123 cm³/mol. The first-order valence-corrected chi connectivity index (χ1v) is 27.6. The van der Waals surface area contributed by atoms with Crippen molar-refractivity contribution in [2.75, 3.05) is 0 Å². The molecule has 0 N–H and O–H groups in total. The van der Waals surface area contributed by atoms with Crippen LogP contribution in [0.4, 0.5) is 0 Å². The molecule has 0 saturated heterocycles. The van der Waals surface area contributed by atoms with Gasteiger partial charge in [0.2, 0.25) is 0 Å². The van der Waals surface area contributed by atoms with Crippen molar-refractivity contribution in [3.8, 4) is 0 Å². The Hall–Kier alpha value is 1.28. The fraction of sp³-hybridized carbons (Fsp3) is 1.00. The summed E-state index contributed by atoms with van der Waals surface area (Å²) in [5.41, 5.74) is 0. The Bertz CT molecular complexity index is 340. The molecule has 0 aromatic carbocycles. The van der Waals surface area contributed by atoms with Gasteiger partial charge in [-0.25, -0.2) is 0 Å². The predicted octanol–water partition coefficient (Wildman–Crippen LogP) is 2.86. The molecule has 0 amide bonds. The van der Waals surface area contributed by atoms with E-state index in [1.54, 1.807) is 0 Å². The van der Waals surface area contributed by atoms with Crippen molar-refractivity contribution >= 4 is 62.3 Å². The van der Waals surface area contributed by atoms with Crippen molar-refractivity contribution in [3.05, 3.63) is 0 Å². The zero-order valence-electron chi connectivity index (χ0n) is 18.3. The molecule has 0 spiro atoms. The molecule has 0 saturated carbocycles. The number of rotatable bonds is 12. The summed E-state index contributed by atoms with van der Waals surface area (Å²) in [6, 6.07) is 0. The first-order chi connectivity index (χ1) is 11.1. The highest BCUT2D eigenvalue weighted by molar-refractivity contribution is 6.87. The van der Waals surface area contributed by atoms with E-state index >= 15 is 0 Å². The molecule has 0 aliphatic heterocycles. The van der Waals surface area contributed by atoms with Crippen LogP contribution in [-0.2, 0) is 24.7 Å². The summed E-state index contributed by atoms with van der Waals surface area (Å²) in [4.78, 5) is 0. The van der Waals surface area contributed by atoms with Gasteiger partial charge < -0.3 is 24.7 Å². The molecule has 0 unspecified atom stereocenters. The maximum Gasteiger partial charge on any atom is 0.467 e. The van der Waals surface area contributed by atoms with Crippen LogP contribution in [0.1, 0.15) is 0 Å². The molecular weight excluding hydrogens is 437 g/mol. The van der Waals surface area contributed by atoms with Crippen molar-refractivity contribution in [2.45, 2.75) is 78.6 Å². The van der Waals surface area contributed by atoms with E-state index in [9.17, 15) is 0 Å². The van der Waals surface area contributed by atoms with Crippen LogP contribution in [0.5, 0.6) is 0 Å². The molecule has 152 valence electrons. The molecule has 0 aliphatic rings. The van der Waals surface area contributed by atoms with Crippen LogP contribution >= 0.6 is 0 Å². The van der Waals surface area contributed by atoms with Crippen molar-refractivity contribution in [1.82, 2.24) is 0 Å². The summed E-state index contributed by atoms with van der Waals surface area (Å²) in [6.45, 7) is 25.3. The molecule has 0 radical (unpaired) electrons. The molecule has 0 rings (SSSR count). The standard InChI is InChI=1S/C12H40O6Si7/c1-19(2)13-24(11,14-20(3)4)17-23(9,10)18-25(12,15-21(5)6)16-22(7)8/h19-22H,1-12H3. The van der Waals surface area contributed by atoms with E-state index in [4.69, 9.17) is 24.7 Å². The van der Waals surface area contributed by atoms with E-state index in [2.05, 4.69) is 65.5 Å². The van der Waals surface area contributed by atoms with Gasteiger partial charge in [0.05, 0.1) is 0 Å². The average Bonchev–Trinajstić information content (AvgIpc) is 2.18. The van der Waals surface area contributed by atoms with Crippen LogP contribution < -0.4 is 0 Å². The molecule has 13 heteroatoms. The Morgan fingerprint density at radius 1 is 0.440 bits per heavy atom. The lowest BCUT2D eigenvalue weighted by Gasteiger charge is -2.41. The average molecular weight is 477 g/mol. The highest BCUT2D eigenvalue weighted by Gasteiger charge is 2.49. The first-order valence-electron chi connectivity index (χ1n) is 9.19. The SMILES string of the molecule is C[SiH](C)O[Si](C)(O[SiH](C)C)O[Si](C)(C)O[Si](C)(O[SiH](C)C)O[SiH](C)C. The number of hydrogen-bond acceptors (Lipinski definition) is 6. The van der Waals surface area contributed by atoms with Gasteiger partial charge in [-0.05, 0) is 65.5 Å². The highest BCUT2D eigenvalue weighted by Crippen LogP contribution is 2.25. The molecule has 0 aromatic rings. The molecule has 0 atom stereocenters. The summed E-state index contributed by atoms with van der Waals surface area (Å²) >= 11 is 0. The minimum atomic E-state index is -2.70. The zero-order valence-corrected chi connectivity index (χ0v) is 25.9. The molecule has 25 heavy (non-hydrogen) atoms. The second kappa shape index (κ2) is 10.7. The van der Waals surface area contributed by atoms with E-state index in [0.29, 0.717) is 0 Å². The molecule has 0 fully saturated rings. The largest absolute Gasteiger partial charge is 0.467 e. The van der Waals surface area contributed by atoms with Crippen LogP contribution in [0, 0.1) is 0 Å². The van der Waals surface area contributed by atoms with Gasteiger partial charge in [0.15, 0.2) is 36.2 Å². The molecule has 0 aliphatic carbocycles. The van der Waals surface area contributed by atoms with Gasteiger partial charge in [0, 0.05) is 13.1 Å². The summed E-state index contributed by atoms with van der Waals surface area (Å²) in [7, 11) is -13.0. The van der Waals surface area contributed by atoms with Crippen molar-refractivity contribution < 1.29 is 24.7 Å². The van der Waals surface area contributed by atoms with Gasteiger partial charge in [0.25, 0.3) is 0 Å². The maximum absolute atomic E-state index is 6.49.